The van der Waals surface area contributed by atoms with Gasteiger partial charge in [0.2, 0.25) is 0 Å². The Morgan fingerprint density at radius 1 is 0.952 bits per heavy atom. The Morgan fingerprint density at radius 3 is 2.43 bits per heavy atom. The molecule has 0 aliphatic rings. The van der Waals surface area contributed by atoms with E-state index in [0.29, 0.717) is 13.2 Å². The Morgan fingerprint density at radius 2 is 1.71 bits per heavy atom. The van der Waals surface area contributed by atoms with Gasteiger partial charge >= 0.3 is 0 Å². The highest BCUT2D eigenvalue weighted by molar-refractivity contribution is 5.45. The van der Waals surface area contributed by atoms with E-state index in [1.807, 2.05) is 42.5 Å². The van der Waals surface area contributed by atoms with E-state index in [-0.39, 0.29) is 0 Å². The van der Waals surface area contributed by atoms with Crippen LogP contribution in [0.4, 0.5) is 5.69 Å². The van der Waals surface area contributed by atoms with E-state index in [2.05, 4.69) is 11.4 Å². The summed E-state index contributed by atoms with van der Waals surface area (Å²) in [4.78, 5) is 0. The molecule has 0 atom stereocenters. The molecule has 0 saturated heterocycles. The molecule has 4 heteroatoms. The number of ether oxygens (including phenoxy) is 3. The fourth-order valence-corrected chi connectivity index (χ4v) is 1.97. The van der Waals surface area contributed by atoms with E-state index in [1.54, 1.807) is 14.2 Å². The molecule has 0 heterocycles. The second-order valence-electron chi connectivity index (χ2n) is 4.58. The molecular formula is C17H21NO3. The number of hydrogen-bond donors (Lipinski definition) is 1. The first-order valence-corrected chi connectivity index (χ1v) is 6.90. The van der Waals surface area contributed by atoms with Crippen molar-refractivity contribution in [3.8, 4) is 11.5 Å². The molecule has 2 rings (SSSR count). The van der Waals surface area contributed by atoms with Gasteiger partial charge in [0.05, 0.1) is 13.7 Å². The van der Waals surface area contributed by atoms with Gasteiger partial charge in [0.25, 0.3) is 0 Å². The molecule has 2 aromatic rings. The fourth-order valence-electron chi connectivity index (χ4n) is 1.97. The van der Waals surface area contributed by atoms with Crippen molar-refractivity contribution in [2.75, 3.05) is 32.7 Å². The summed E-state index contributed by atoms with van der Waals surface area (Å²) in [5.74, 6) is 1.67. The van der Waals surface area contributed by atoms with Crippen LogP contribution in [0.15, 0.2) is 48.5 Å². The molecule has 0 radical (unpaired) electrons. The van der Waals surface area contributed by atoms with Gasteiger partial charge in [-0.25, -0.2) is 0 Å². The summed E-state index contributed by atoms with van der Waals surface area (Å²) in [7, 11) is 3.35. The Bertz CT molecular complexity index is 540. The van der Waals surface area contributed by atoms with Gasteiger partial charge in [0.15, 0.2) is 0 Å². The second-order valence-corrected chi connectivity index (χ2v) is 4.58. The second kappa shape index (κ2) is 8.17. The fraction of sp³-hybridized carbons (Fsp3) is 0.294. The third kappa shape index (κ3) is 5.00. The van der Waals surface area contributed by atoms with Crippen LogP contribution in [0.5, 0.6) is 11.5 Å². The van der Waals surface area contributed by atoms with Gasteiger partial charge in [-0.05, 0) is 42.0 Å². The molecule has 0 spiro atoms. The smallest absolute Gasteiger partial charge is 0.119 e. The van der Waals surface area contributed by atoms with Gasteiger partial charge in [-0.3, -0.25) is 0 Å². The SMILES string of the molecule is COCc1cccc(NCCOc2ccc(OC)cc2)c1. The van der Waals surface area contributed by atoms with E-state index in [4.69, 9.17) is 14.2 Å². The summed E-state index contributed by atoms with van der Waals surface area (Å²) in [6, 6.07) is 15.7. The Balaban J connectivity index is 1.74. The lowest BCUT2D eigenvalue weighted by Gasteiger charge is -2.10. The molecule has 0 amide bonds. The van der Waals surface area contributed by atoms with E-state index in [0.717, 1.165) is 29.3 Å². The van der Waals surface area contributed by atoms with Crippen LogP contribution in [0.3, 0.4) is 0 Å². The largest absolute Gasteiger partial charge is 0.497 e. The molecule has 4 nitrogen and oxygen atoms in total. The van der Waals surface area contributed by atoms with Crippen molar-refractivity contribution in [2.45, 2.75) is 6.61 Å². The van der Waals surface area contributed by atoms with Crippen molar-refractivity contribution in [2.24, 2.45) is 0 Å². The summed E-state index contributed by atoms with van der Waals surface area (Å²) in [5.41, 5.74) is 2.22. The number of hydrogen-bond acceptors (Lipinski definition) is 4. The zero-order valence-corrected chi connectivity index (χ0v) is 12.5. The third-order valence-electron chi connectivity index (χ3n) is 3.00. The lowest BCUT2D eigenvalue weighted by atomic mass is 10.2. The van der Waals surface area contributed by atoms with Gasteiger partial charge in [0.1, 0.15) is 18.1 Å². The molecule has 0 fully saturated rings. The highest BCUT2D eigenvalue weighted by Gasteiger charge is 1.97. The molecule has 0 saturated carbocycles. The lowest BCUT2D eigenvalue weighted by Crippen LogP contribution is -2.11. The normalized spacial score (nSPS) is 10.2. The van der Waals surface area contributed by atoms with Crippen LogP contribution < -0.4 is 14.8 Å². The Labute approximate surface area is 125 Å². The Kier molecular flexibility index (Phi) is 5.91. The summed E-state index contributed by atoms with van der Waals surface area (Å²) < 4.78 is 15.9. The van der Waals surface area contributed by atoms with Gasteiger partial charge < -0.3 is 19.5 Å². The maximum Gasteiger partial charge on any atom is 0.119 e. The van der Waals surface area contributed by atoms with Crippen molar-refractivity contribution in [1.82, 2.24) is 0 Å². The number of methoxy groups -OCH3 is 2. The molecule has 21 heavy (non-hydrogen) atoms. The number of rotatable bonds is 8. The summed E-state index contributed by atoms with van der Waals surface area (Å²) in [5, 5.41) is 3.33. The predicted molar refractivity (Wildman–Crippen MR) is 84.1 cm³/mol. The first kappa shape index (κ1) is 15.2. The van der Waals surface area contributed by atoms with Crippen LogP contribution >= 0.6 is 0 Å². The van der Waals surface area contributed by atoms with Crippen LogP contribution in [0.1, 0.15) is 5.56 Å². The lowest BCUT2D eigenvalue weighted by molar-refractivity contribution is 0.185. The Hall–Kier alpha value is -2.20. The van der Waals surface area contributed by atoms with Gasteiger partial charge in [-0.2, -0.15) is 0 Å². The molecule has 1 N–H and O–H groups in total. The van der Waals surface area contributed by atoms with E-state index < -0.39 is 0 Å². The zero-order valence-electron chi connectivity index (χ0n) is 12.5. The van der Waals surface area contributed by atoms with Crippen molar-refractivity contribution in [3.05, 3.63) is 54.1 Å². The molecule has 112 valence electrons. The average molecular weight is 287 g/mol. The quantitative estimate of drug-likeness (QED) is 0.756. The van der Waals surface area contributed by atoms with Crippen LogP contribution in [-0.2, 0) is 11.3 Å². The van der Waals surface area contributed by atoms with E-state index in [9.17, 15) is 0 Å². The maximum atomic E-state index is 5.66. The standard InChI is InChI=1S/C17H21NO3/c1-19-13-14-4-3-5-15(12-14)18-10-11-21-17-8-6-16(20-2)7-9-17/h3-9,12,18H,10-11,13H2,1-2H3. The monoisotopic (exact) mass is 287 g/mol. The summed E-state index contributed by atoms with van der Waals surface area (Å²) >= 11 is 0. The minimum absolute atomic E-state index is 0.598. The van der Waals surface area contributed by atoms with Gasteiger partial charge in [-0.15, -0.1) is 0 Å². The zero-order chi connectivity index (χ0) is 14.9. The van der Waals surface area contributed by atoms with Crippen LogP contribution in [0, 0.1) is 0 Å². The highest BCUT2D eigenvalue weighted by Crippen LogP contribution is 2.17. The van der Waals surface area contributed by atoms with Crippen molar-refractivity contribution in [1.29, 1.82) is 0 Å². The van der Waals surface area contributed by atoms with Crippen molar-refractivity contribution < 1.29 is 14.2 Å². The molecule has 0 aliphatic carbocycles. The summed E-state index contributed by atoms with van der Waals surface area (Å²) in [6.07, 6.45) is 0. The van der Waals surface area contributed by atoms with E-state index in [1.165, 1.54) is 0 Å². The topological polar surface area (TPSA) is 39.7 Å². The van der Waals surface area contributed by atoms with Crippen molar-refractivity contribution >= 4 is 5.69 Å². The minimum Gasteiger partial charge on any atom is -0.497 e. The third-order valence-corrected chi connectivity index (χ3v) is 3.00. The summed E-state index contributed by atoms with van der Waals surface area (Å²) in [6.45, 7) is 1.96. The van der Waals surface area contributed by atoms with Crippen LogP contribution in [-0.4, -0.2) is 27.4 Å². The van der Waals surface area contributed by atoms with Crippen LogP contribution in [0.2, 0.25) is 0 Å². The molecular weight excluding hydrogens is 266 g/mol. The predicted octanol–water partition coefficient (Wildman–Crippen LogP) is 3.33. The molecule has 2 aromatic carbocycles. The van der Waals surface area contributed by atoms with Crippen molar-refractivity contribution in [3.63, 3.8) is 0 Å². The number of benzene rings is 2. The molecule has 0 aromatic heterocycles. The number of anilines is 1. The van der Waals surface area contributed by atoms with Gasteiger partial charge in [-0.1, -0.05) is 12.1 Å². The number of nitrogens with one attached hydrogen (secondary N) is 1. The first-order chi connectivity index (χ1) is 10.3. The minimum atomic E-state index is 0.598. The van der Waals surface area contributed by atoms with E-state index >= 15 is 0 Å². The highest BCUT2D eigenvalue weighted by atomic mass is 16.5. The molecule has 0 unspecified atom stereocenters. The van der Waals surface area contributed by atoms with Crippen LogP contribution in [0.25, 0.3) is 0 Å². The average Bonchev–Trinajstić information content (AvgIpc) is 2.53. The first-order valence-electron chi connectivity index (χ1n) is 6.90. The molecule has 0 bridgehead atoms. The maximum absolute atomic E-state index is 5.66. The molecule has 0 aliphatic heterocycles. The van der Waals surface area contributed by atoms with Gasteiger partial charge in [0, 0.05) is 19.3 Å².